The van der Waals surface area contributed by atoms with Gasteiger partial charge in [-0.05, 0) is 24.7 Å². The minimum absolute atomic E-state index is 0.174. The molecule has 82 valence electrons. The number of nitrogens with one attached hydrogen (secondary N) is 1. The minimum Gasteiger partial charge on any atom is -0.461 e. The summed E-state index contributed by atoms with van der Waals surface area (Å²) in [4.78, 5) is 11.2. The zero-order valence-electron chi connectivity index (χ0n) is 8.63. The van der Waals surface area contributed by atoms with Gasteiger partial charge in [0.2, 0.25) is 0 Å². The van der Waals surface area contributed by atoms with E-state index in [1.54, 1.807) is 0 Å². The van der Waals surface area contributed by atoms with Gasteiger partial charge in [0.15, 0.2) is 0 Å². The highest BCUT2D eigenvalue weighted by molar-refractivity contribution is 9.10. The molecular weight excluding hydrogens is 258 g/mol. The summed E-state index contributed by atoms with van der Waals surface area (Å²) >= 11 is 3.34. The summed E-state index contributed by atoms with van der Waals surface area (Å²) in [6, 6.07) is 7.71. The molecule has 0 bridgehead atoms. The van der Waals surface area contributed by atoms with Crippen LogP contribution in [0.1, 0.15) is 12.0 Å². The summed E-state index contributed by atoms with van der Waals surface area (Å²) in [5.74, 6) is -0.174. The van der Waals surface area contributed by atoms with Crippen LogP contribution in [0.4, 0.5) is 0 Å². The van der Waals surface area contributed by atoms with Crippen LogP contribution in [0, 0.1) is 0 Å². The van der Waals surface area contributed by atoms with Crippen molar-refractivity contribution < 1.29 is 9.53 Å². The molecule has 0 heterocycles. The Bertz CT molecular complexity index is 311. The number of carbonyl (C=O) groups is 1. The number of halogens is 1. The Kier molecular flexibility index (Phi) is 5.36. The quantitative estimate of drug-likeness (QED) is 0.834. The molecule has 0 amide bonds. The predicted molar refractivity (Wildman–Crippen MR) is 62.5 cm³/mol. The standard InChI is InChI=1S/C11H14BrNO2/c1-13-7-6-11(14)15-8-9-2-4-10(12)5-3-9/h2-5,13H,6-8H2,1H3. The van der Waals surface area contributed by atoms with Crippen molar-refractivity contribution in [3.8, 4) is 0 Å². The Labute approximate surface area is 97.9 Å². The summed E-state index contributed by atoms with van der Waals surface area (Å²) in [6.45, 7) is 0.995. The molecule has 1 aromatic rings. The molecule has 1 N–H and O–H groups in total. The van der Waals surface area contributed by atoms with Crippen LogP contribution in [0.5, 0.6) is 0 Å². The lowest BCUT2D eigenvalue weighted by Gasteiger charge is -2.04. The molecule has 1 aromatic carbocycles. The van der Waals surface area contributed by atoms with E-state index in [1.807, 2.05) is 31.3 Å². The van der Waals surface area contributed by atoms with Gasteiger partial charge in [-0.1, -0.05) is 28.1 Å². The zero-order chi connectivity index (χ0) is 11.1. The SMILES string of the molecule is CNCCC(=O)OCc1ccc(Br)cc1. The second kappa shape index (κ2) is 6.58. The van der Waals surface area contributed by atoms with E-state index >= 15 is 0 Å². The van der Waals surface area contributed by atoms with Gasteiger partial charge in [0.25, 0.3) is 0 Å². The van der Waals surface area contributed by atoms with Crippen LogP contribution in [-0.2, 0) is 16.1 Å². The molecule has 0 atom stereocenters. The number of esters is 1. The van der Waals surface area contributed by atoms with E-state index in [1.165, 1.54) is 0 Å². The number of benzene rings is 1. The lowest BCUT2D eigenvalue weighted by Crippen LogP contribution is -2.14. The number of hydrogen-bond donors (Lipinski definition) is 1. The van der Waals surface area contributed by atoms with E-state index in [0.29, 0.717) is 19.6 Å². The van der Waals surface area contributed by atoms with Crippen LogP contribution in [0.2, 0.25) is 0 Å². The van der Waals surface area contributed by atoms with Gasteiger partial charge in [-0.25, -0.2) is 0 Å². The summed E-state index contributed by atoms with van der Waals surface area (Å²) < 4.78 is 6.10. The van der Waals surface area contributed by atoms with Gasteiger partial charge in [0, 0.05) is 11.0 Å². The summed E-state index contributed by atoms with van der Waals surface area (Å²) in [5.41, 5.74) is 0.996. The molecule has 0 radical (unpaired) electrons. The Balaban J connectivity index is 2.30. The van der Waals surface area contributed by atoms with Crippen LogP contribution >= 0.6 is 15.9 Å². The van der Waals surface area contributed by atoms with Crippen molar-refractivity contribution in [2.75, 3.05) is 13.6 Å². The number of ether oxygens (including phenoxy) is 1. The molecule has 15 heavy (non-hydrogen) atoms. The topological polar surface area (TPSA) is 38.3 Å². The molecule has 3 nitrogen and oxygen atoms in total. The third kappa shape index (κ3) is 4.95. The largest absolute Gasteiger partial charge is 0.461 e. The summed E-state index contributed by atoms with van der Waals surface area (Å²) in [5, 5.41) is 2.90. The zero-order valence-corrected chi connectivity index (χ0v) is 10.2. The smallest absolute Gasteiger partial charge is 0.307 e. The van der Waals surface area contributed by atoms with E-state index in [-0.39, 0.29) is 5.97 Å². The Morgan fingerprint density at radius 3 is 2.67 bits per heavy atom. The highest BCUT2D eigenvalue weighted by Gasteiger charge is 2.01. The average molecular weight is 272 g/mol. The van der Waals surface area contributed by atoms with Crippen LogP contribution in [0.15, 0.2) is 28.7 Å². The van der Waals surface area contributed by atoms with Gasteiger partial charge < -0.3 is 10.1 Å². The molecule has 0 saturated heterocycles. The lowest BCUT2D eigenvalue weighted by molar-refractivity contribution is -0.144. The van der Waals surface area contributed by atoms with Crippen molar-refractivity contribution >= 4 is 21.9 Å². The molecule has 0 unspecified atom stereocenters. The monoisotopic (exact) mass is 271 g/mol. The fraction of sp³-hybridized carbons (Fsp3) is 0.364. The highest BCUT2D eigenvalue weighted by Crippen LogP contribution is 2.11. The Hall–Kier alpha value is -0.870. The van der Waals surface area contributed by atoms with Crippen LogP contribution in [0.3, 0.4) is 0 Å². The fourth-order valence-electron chi connectivity index (χ4n) is 1.04. The fourth-order valence-corrected chi connectivity index (χ4v) is 1.31. The third-order valence-electron chi connectivity index (χ3n) is 1.89. The van der Waals surface area contributed by atoms with Crippen molar-refractivity contribution in [1.82, 2.24) is 5.32 Å². The van der Waals surface area contributed by atoms with Gasteiger partial charge in [-0.2, -0.15) is 0 Å². The predicted octanol–water partition coefficient (Wildman–Crippen LogP) is 2.10. The second-order valence-corrected chi connectivity index (χ2v) is 4.06. The minimum atomic E-state index is -0.174. The van der Waals surface area contributed by atoms with Gasteiger partial charge in [0.05, 0.1) is 6.42 Å². The molecule has 0 aromatic heterocycles. The van der Waals surface area contributed by atoms with Gasteiger partial charge in [-0.3, -0.25) is 4.79 Å². The molecule has 4 heteroatoms. The molecule has 0 aliphatic heterocycles. The first kappa shape index (κ1) is 12.2. The molecule has 0 fully saturated rings. The van der Waals surface area contributed by atoms with E-state index in [9.17, 15) is 4.79 Å². The first-order valence-corrected chi connectivity index (χ1v) is 5.56. The third-order valence-corrected chi connectivity index (χ3v) is 2.42. The van der Waals surface area contributed by atoms with E-state index in [0.717, 1.165) is 10.0 Å². The summed E-state index contributed by atoms with van der Waals surface area (Å²) in [7, 11) is 1.81. The number of carbonyl (C=O) groups excluding carboxylic acids is 1. The van der Waals surface area contributed by atoms with Gasteiger partial charge in [-0.15, -0.1) is 0 Å². The van der Waals surface area contributed by atoms with Crippen molar-refractivity contribution in [2.24, 2.45) is 0 Å². The van der Waals surface area contributed by atoms with Gasteiger partial charge in [0.1, 0.15) is 6.61 Å². The van der Waals surface area contributed by atoms with Crippen molar-refractivity contribution in [2.45, 2.75) is 13.0 Å². The average Bonchev–Trinajstić information content (AvgIpc) is 2.25. The van der Waals surface area contributed by atoms with Crippen molar-refractivity contribution in [1.29, 1.82) is 0 Å². The second-order valence-electron chi connectivity index (χ2n) is 3.14. The molecule has 0 spiro atoms. The maximum Gasteiger partial charge on any atom is 0.307 e. The Morgan fingerprint density at radius 1 is 1.40 bits per heavy atom. The van der Waals surface area contributed by atoms with Crippen LogP contribution < -0.4 is 5.32 Å². The maximum atomic E-state index is 11.2. The molecule has 0 saturated carbocycles. The highest BCUT2D eigenvalue weighted by atomic mass is 79.9. The molecule has 0 aliphatic carbocycles. The maximum absolute atomic E-state index is 11.2. The van der Waals surface area contributed by atoms with E-state index < -0.39 is 0 Å². The van der Waals surface area contributed by atoms with Gasteiger partial charge >= 0.3 is 5.97 Å². The molecule has 0 aliphatic rings. The van der Waals surface area contributed by atoms with Crippen LogP contribution in [-0.4, -0.2) is 19.6 Å². The lowest BCUT2D eigenvalue weighted by atomic mass is 10.2. The molecular formula is C11H14BrNO2. The van der Waals surface area contributed by atoms with Crippen LogP contribution in [0.25, 0.3) is 0 Å². The first-order valence-electron chi connectivity index (χ1n) is 4.77. The van der Waals surface area contributed by atoms with E-state index in [2.05, 4.69) is 21.2 Å². The number of rotatable bonds is 5. The molecule has 1 rings (SSSR count). The van der Waals surface area contributed by atoms with Crippen molar-refractivity contribution in [3.05, 3.63) is 34.3 Å². The van der Waals surface area contributed by atoms with Crippen molar-refractivity contribution in [3.63, 3.8) is 0 Å². The summed E-state index contributed by atoms with van der Waals surface area (Å²) in [6.07, 6.45) is 0.410. The Morgan fingerprint density at radius 2 is 2.07 bits per heavy atom. The first-order chi connectivity index (χ1) is 7.22. The number of hydrogen-bond acceptors (Lipinski definition) is 3. The van der Waals surface area contributed by atoms with E-state index in [4.69, 9.17) is 4.74 Å². The normalized spacial score (nSPS) is 10.0.